The molecule has 3 nitrogen and oxygen atoms in total. The first-order valence-electron chi connectivity index (χ1n) is 9.65. The zero-order chi connectivity index (χ0) is 19.3. The van der Waals surface area contributed by atoms with Crippen molar-refractivity contribution in [1.82, 2.24) is 9.97 Å². The van der Waals surface area contributed by atoms with Crippen LogP contribution in [-0.2, 0) is 6.42 Å². The number of nitrogens with zero attached hydrogens (tertiary/aromatic N) is 2. The molecule has 0 fully saturated rings. The summed E-state index contributed by atoms with van der Waals surface area (Å²) in [5.41, 5.74) is 5.86. The smallest absolute Gasteiger partial charge is 0.161 e. The molecule has 0 saturated heterocycles. The molecule has 0 unspecified atom stereocenters. The maximum Gasteiger partial charge on any atom is 0.161 e. The van der Waals surface area contributed by atoms with Gasteiger partial charge in [0.2, 0.25) is 0 Å². The van der Waals surface area contributed by atoms with Crippen LogP contribution in [-0.4, -0.2) is 9.97 Å². The normalized spacial score (nSPS) is 12.2. The number of pyridine rings is 2. The summed E-state index contributed by atoms with van der Waals surface area (Å²) < 4.78 is 6.43. The lowest BCUT2D eigenvalue weighted by molar-refractivity contribution is 0.407. The minimum absolute atomic E-state index is 0.189. The summed E-state index contributed by atoms with van der Waals surface area (Å²) in [6, 6.07) is 20.7. The predicted octanol–water partition coefficient (Wildman–Crippen LogP) is 6.78. The zero-order valence-corrected chi connectivity index (χ0v) is 16.4. The number of para-hydroxylation sites is 1. The van der Waals surface area contributed by atoms with E-state index in [1.165, 1.54) is 0 Å². The van der Waals surface area contributed by atoms with Gasteiger partial charge in [-0.25, -0.2) is 4.98 Å². The van der Waals surface area contributed by atoms with Gasteiger partial charge in [0.1, 0.15) is 11.1 Å². The highest BCUT2D eigenvalue weighted by Crippen LogP contribution is 2.37. The Balaban J connectivity index is 1.80. The summed E-state index contributed by atoms with van der Waals surface area (Å²) >= 11 is 0. The van der Waals surface area contributed by atoms with Gasteiger partial charge in [-0.1, -0.05) is 51.1 Å². The molecule has 0 aliphatic heterocycles. The molecule has 5 rings (SSSR count). The highest BCUT2D eigenvalue weighted by Gasteiger charge is 2.17. The molecule has 0 saturated carbocycles. The molecule has 0 N–H and O–H groups in total. The van der Waals surface area contributed by atoms with Crippen molar-refractivity contribution < 1.29 is 4.42 Å². The minimum atomic E-state index is 0.189. The van der Waals surface area contributed by atoms with E-state index in [0.29, 0.717) is 0 Å². The third-order valence-corrected chi connectivity index (χ3v) is 5.04. The maximum absolute atomic E-state index is 6.43. The van der Waals surface area contributed by atoms with Crippen LogP contribution >= 0.6 is 0 Å². The molecular formula is C25H22N2O. The largest absolute Gasteiger partial charge is 0.453 e. The Morgan fingerprint density at radius 2 is 1.64 bits per heavy atom. The van der Waals surface area contributed by atoms with Crippen molar-refractivity contribution in [1.29, 1.82) is 0 Å². The van der Waals surface area contributed by atoms with Crippen LogP contribution in [0.3, 0.4) is 0 Å². The molecule has 0 amide bonds. The summed E-state index contributed by atoms with van der Waals surface area (Å²) in [6.07, 6.45) is 2.74. The van der Waals surface area contributed by atoms with E-state index in [1.807, 2.05) is 24.4 Å². The Morgan fingerprint density at radius 1 is 0.821 bits per heavy atom. The van der Waals surface area contributed by atoms with Gasteiger partial charge in [0.25, 0.3) is 0 Å². The fraction of sp³-hybridized carbons (Fsp3) is 0.200. The lowest BCUT2D eigenvalue weighted by Crippen LogP contribution is -2.10. The van der Waals surface area contributed by atoms with Crippen LogP contribution in [0.4, 0.5) is 0 Å². The lowest BCUT2D eigenvalue weighted by Gasteiger charge is -2.17. The molecule has 5 aromatic rings. The molecule has 2 aromatic carbocycles. The third-order valence-electron chi connectivity index (χ3n) is 5.04. The van der Waals surface area contributed by atoms with Crippen LogP contribution in [0.25, 0.3) is 44.1 Å². The molecule has 0 aliphatic rings. The summed E-state index contributed by atoms with van der Waals surface area (Å²) in [6.45, 7) is 6.71. The van der Waals surface area contributed by atoms with Crippen molar-refractivity contribution >= 4 is 32.8 Å². The molecule has 3 heteroatoms. The van der Waals surface area contributed by atoms with Crippen LogP contribution in [0.15, 0.2) is 71.3 Å². The number of hydrogen-bond donors (Lipinski definition) is 0. The number of benzene rings is 2. The van der Waals surface area contributed by atoms with Crippen molar-refractivity contribution in [3.8, 4) is 11.3 Å². The molecule has 0 bridgehead atoms. The molecule has 138 valence electrons. The quantitative estimate of drug-likeness (QED) is 0.345. The van der Waals surface area contributed by atoms with E-state index >= 15 is 0 Å². The van der Waals surface area contributed by atoms with Crippen LogP contribution in [0, 0.1) is 5.41 Å². The number of aromatic nitrogens is 2. The number of hydrogen-bond acceptors (Lipinski definition) is 3. The first-order chi connectivity index (χ1) is 13.5. The monoisotopic (exact) mass is 366 g/mol. The van der Waals surface area contributed by atoms with E-state index in [9.17, 15) is 0 Å². The Kier molecular flexibility index (Phi) is 3.73. The lowest BCUT2D eigenvalue weighted by atomic mass is 9.90. The van der Waals surface area contributed by atoms with Gasteiger partial charge in [-0.15, -0.1) is 0 Å². The summed E-state index contributed by atoms with van der Waals surface area (Å²) in [4.78, 5) is 9.49. The first-order valence-corrected chi connectivity index (χ1v) is 9.65. The second kappa shape index (κ2) is 6.16. The average Bonchev–Trinajstić information content (AvgIpc) is 3.07. The van der Waals surface area contributed by atoms with Crippen LogP contribution < -0.4 is 0 Å². The maximum atomic E-state index is 6.43. The molecule has 0 aliphatic carbocycles. The van der Waals surface area contributed by atoms with Crippen molar-refractivity contribution in [2.45, 2.75) is 27.2 Å². The van der Waals surface area contributed by atoms with Gasteiger partial charge < -0.3 is 4.42 Å². The average molecular weight is 366 g/mol. The summed E-state index contributed by atoms with van der Waals surface area (Å²) in [5, 5.41) is 3.30. The first kappa shape index (κ1) is 16.9. The van der Waals surface area contributed by atoms with E-state index in [0.717, 1.165) is 56.2 Å². The molecule has 3 aromatic heterocycles. The Morgan fingerprint density at radius 3 is 2.43 bits per heavy atom. The number of rotatable bonds is 2. The van der Waals surface area contributed by atoms with E-state index < -0.39 is 0 Å². The molecule has 3 heterocycles. The predicted molar refractivity (Wildman–Crippen MR) is 115 cm³/mol. The fourth-order valence-electron chi connectivity index (χ4n) is 3.85. The minimum Gasteiger partial charge on any atom is -0.453 e. The second-order valence-corrected chi connectivity index (χ2v) is 8.55. The van der Waals surface area contributed by atoms with Crippen molar-refractivity contribution in [3.05, 3.63) is 72.6 Å². The third kappa shape index (κ3) is 2.84. The number of furan rings is 1. The highest BCUT2D eigenvalue weighted by molar-refractivity contribution is 6.16. The van der Waals surface area contributed by atoms with E-state index in [2.05, 4.69) is 68.2 Å². The standard InChI is InChI=1S/C25H22N2O/c1-25(2,3)15-17-12-10-16-11-13-19-18-7-6-8-20(21-9-4-5-14-26-21)23(18)28-24(19)22(16)27-17/h4-14H,15H2,1-3H3. The van der Waals surface area contributed by atoms with Crippen LogP contribution in [0.5, 0.6) is 0 Å². The van der Waals surface area contributed by atoms with Gasteiger partial charge in [0.15, 0.2) is 5.58 Å². The summed E-state index contributed by atoms with van der Waals surface area (Å²) in [5.74, 6) is 0. The number of fused-ring (bicyclic) bond motifs is 5. The Labute approximate surface area is 164 Å². The Hall–Kier alpha value is -3.20. The van der Waals surface area contributed by atoms with Crippen molar-refractivity contribution in [3.63, 3.8) is 0 Å². The fourth-order valence-corrected chi connectivity index (χ4v) is 3.85. The topological polar surface area (TPSA) is 38.9 Å². The van der Waals surface area contributed by atoms with Crippen LogP contribution in [0.2, 0.25) is 0 Å². The van der Waals surface area contributed by atoms with Gasteiger partial charge in [-0.3, -0.25) is 4.98 Å². The molecule has 28 heavy (non-hydrogen) atoms. The van der Waals surface area contributed by atoms with Crippen LogP contribution in [0.1, 0.15) is 26.5 Å². The van der Waals surface area contributed by atoms with E-state index in [1.54, 1.807) is 0 Å². The van der Waals surface area contributed by atoms with E-state index in [4.69, 9.17) is 9.40 Å². The van der Waals surface area contributed by atoms with Gasteiger partial charge >= 0.3 is 0 Å². The highest BCUT2D eigenvalue weighted by atomic mass is 16.3. The molecule has 0 atom stereocenters. The van der Waals surface area contributed by atoms with Gasteiger partial charge in [0, 0.05) is 33.6 Å². The van der Waals surface area contributed by atoms with E-state index in [-0.39, 0.29) is 5.41 Å². The van der Waals surface area contributed by atoms with Gasteiger partial charge in [-0.05, 0) is 42.2 Å². The SMILES string of the molecule is CC(C)(C)Cc1ccc2ccc3c4cccc(-c5ccccn5)c4oc3c2n1. The summed E-state index contributed by atoms with van der Waals surface area (Å²) in [7, 11) is 0. The van der Waals surface area contributed by atoms with Gasteiger partial charge in [0.05, 0.1) is 5.69 Å². The second-order valence-electron chi connectivity index (χ2n) is 8.55. The molecule has 0 spiro atoms. The zero-order valence-electron chi connectivity index (χ0n) is 16.4. The van der Waals surface area contributed by atoms with Crippen molar-refractivity contribution in [2.24, 2.45) is 5.41 Å². The molecule has 0 radical (unpaired) electrons. The van der Waals surface area contributed by atoms with Gasteiger partial charge in [-0.2, -0.15) is 0 Å². The van der Waals surface area contributed by atoms with Crippen molar-refractivity contribution in [2.75, 3.05) is 0 Å². The Bertz CT molecular complexity index is 1310. The molecular weight excluding hydrogens is 344 g/mol.